The summed E-state index contributed by atoms with van der Waals surface area (Å²) in [6.45, 7) is 7.34. The van der Waals surface area contributed by atoms with Gasteiger partial charge in [0.2, 0.25) is 0 Å². The van der Waals surface area contributed by atoms with Gasteiger partial charge in [0, 0.05) is 11.0 Å². The van der Waals surface area contributed by atoms with Gasteiger partial charge in [-0.2, -0.15) is 24.4 Å². The van der Waals surface area contributed by atoms with E-state index in [4.69, 9.17) is 0 Å². The fraction of sp³-hybridized carbons (Fsp3) is 1.00. The summed E-state index contributed by atoms with van der Waals surface area (Å²) in [5, 5.41) is 11.3. The van der Waals surface area contributed by atoms with Gasteiger partial charge in [0.05, 0.1) is 6.10 Å². The van der Waals surface area contributed by atoms with E-state index in [1.54, 1.807) is 0 Å². The van der Waals surface area contributed by atoms with Gasteiger partial charge >= 0.3 is 0 Å². The van der Waals surface area contributed by atoms with Gasteiger partial charge in [-0.3, -0.25) is 0 Å². The third kappa shape index (κ3) is 2.18. The van der Waals surface area contributed by atoms with E-state index in [2.05, 4.69) is 45.2 Å². The summed E-state index contributed by atoms with van der Waals surface area (Å²) in [5.74, 6) is 3.04. The van der Waals surface area contributed by atoms with Gasteiger partial charge in [0.25, 0.3) is 0 Å². The minimum absolute atomic E-state index is 0.0617. The van der Waals surface area contributed by atoms with Crippen LogP contribution in [0.15, 0.2) is 0 Å². The zero-order valence-electron chi connectivity index (χ0n) is 13.2. The molecule has 3 fully saturated rings. The van der Waals surface area contributed by atoms with Crippen LogP contribution in [0.2, 0.25) is 0 Å². The molecule has 0 unspecified atom stereocenters. The Morgan fingerprint density at radius 2 is 1.95 bits per heavy atom. The molecule has 3 saturated carbocycles. The van der Waals surface area contributed by atoms with Gasteiger partial charge < -0.3 is 5.11 Å². The monoisotopic (exact) mass is 314 g/mol. The fourth-order valence-corrected chi connectivity index (χ4v) is 7.89. The second-order valence-corrected chi connectivity index (χ2v) is 10.2. The summed E-state index contributed by atoms with van der Waals surface area (Å²) in [7, 11) is 0. The first-order chi connectivity index (χ1) is 9.34. The maximum atomic E-state index is 10.5. The Hall–Kier alpha value is 0.660. The van der Waals surface area contributed by atoms with Crippen LogP contribution in [0, 0.1) is 22.2 Å². The van der Waals surface area contributed by atoms with E-state index in [0.29, 0.717) is 10.8 Å². The van der Waals surface area contributed by atoms with Crippen LogP contribution in [-0.4, -0.2) is 28.0 Å². The molecule has 5 atom stereocenters. The molecule has 3 aliphatic carbocycles. The van der Waals surface area contributed by atoms with Crippen molar-refractivity contribution in [2.45, 2.75) is 70.7 Å². The standard InChI is InChI=1S/C17H30OS2/c1-15(2)10-14(20-9-8-19)17-7-5-13(18)16(3,11-17)6-4-12(15)17/h12-14,18-19H,4-11H2,1-3H3/t12-,13+,14-,16-,17-/m0/s1. The molecule has 20 heavy (non-hydrogen) atoms. The minimum atomic E-state index is -0.0617. The molecule has 1 nitrogen and oxygen atoms in total. The van der Waals surface area contributed by atoms with Gasteiger partial charge in [-0.1, -0.05) is 20.8 Å². The fourth-order valence-electron chi connectivity index (χ4n) is 5.94. The minimum Gasteiger partial charge on any atom is -0.393 e. The predicted octanol–water partition coefficient (Wildman–Crippen LogP) is 4.40. The first-order valence-corrected chi connectivity index (χ1v) is 9.93. The number of aliphatic hydroxyl groups excluding tert-OH is 1. The lowest BCUT2D eigenvalue weighted by molar-refractivity contribution is -0.114. The van der Waals surface area contributed by atoms with Crippen LogP contribution < -0.4 is 0 Å². The molecule has 116 valence electrons. The van der Waals surface area contributed by atoms with Crippen molar-refractivity contribution in [1.29, 1.82) is 0 Å². The zero-order valence-corrected chi connectivity index (χ0v) is 14.9. The Morgan fingerprint density at radius 3 is 2.65 bits per heavy atom. The van der Waals surface area contributed by atoms with Crippen LogP contribution in [-0.2, 0) is 0 Å². The molecule has 0 saturated heterocycles. The highest BCUT2D eigenvalue weighted by molar-refractivity contribution is 8.00. The van der Waals surface area contributed by atoms with Crippen molar-refractivity contribution in [2.24, 2.45) is 22.2 Å². The largest absolute Gasteiger partial charge is 0.393 e. The molecule has 0 aliphatic heterocycles. The highest BCUT2D eigenvalue weighted by Crippen LogP contribution is 2.70. The molecule has 3 aliphatic rings. The Morgan fingerprint density at radius 1 is 1.20 bits per heavy atom. The summed E-state index contributed by atoms with van der Waals surface area (Å²) in [6, 6.07) is 0. The van der Waals surface area contributed by atoms with Crippen molar-refractivity contribution in [1.82, 2.24) is 0 Å². The van der Waals surface area contributed by atoms with Crippen LogP contribution in [0.25, 0.3) is 0 Å². The SMILES string of the molecule is CC1(C)C[C@H](SCCS)[C@]23CC[C@@H](O)[C@@](C)(CC[C@@H]12)C3. The molecule has 0 aromatic carbocycles. The lowest BCUT2D eigenvalue weighted by atomic mass is 9.49. The molecule has 3 heteroatoms. The maximum Gasteiger partial charge on any atom is 0.0594 e. The Kier molecular flexibility index (Phi) is 3.96. The molecule has 0 aromatic rings. The van der Waals surface area contributed by atoms with Crippen LogP contribution in [0.1, 0.15) is 59.3 Å². The van der Waals surface area contributed by atoms with Crippen LogP contribution in [0.5, 0.6) is 0 Å². The molecule has 1 spiro atoms. The smallest absolute Gasteiger partial charge is 0.0594 e. The number of hydrogen-bond donors (Lipinski definition) is 2. The van der Waals surface area contributed by atoms with Crippen LogP contribution in [0.3, 0.4) is 0 Å². The van der Waals surface area contributed by atoms with Crippen molar-refractivity contribution >= 4 is 24.4 Å². The lowest BCUT2D eigenvalue weighted by Gasteiger charge is -2.58. The van der Waals surface area contributed by atoms with E-state index >= 15 is 0 Å². The molecule has 0 radical (unpaired) electrons. The highest BCUT2D eigenvalue weighted by atomic mass is 32.2. The molecule has 0 amide bonds. The molecular weight excluding hydrogens is 284 g/mol. The van der Waals surface area contributed by atoms with E-state index in [9.17, 15) is 5.11 Å². The molecule has 3 rings (SSSR count). The van der Waals surface area contributed by atoms with Gasteiger partial charge in [0.15, 0.2) is 0 Å². The Balaban J connectivity index is 1.92. The average molecular weight is 315 g/mol. The van der Waals surface area contributed by atoms with Gasteiger partial charge in [-0.05, 0) is 66.4 Å². The normalized spacial score (nSPS) is 50.0. The van der Waals surface area contributed by atoms with Crippen molar-refractivity contribution < 1.29 is 5.11 Å². The summed E-state index contributed by atoms with van der Waals surface area (Å²) in [4.78, 5) is 0. The van der Waals surface area contributed by atoms with E-state index in [-0.39, 0.29) is 11.5 Å². The number of aliphatic hydroxyl groups is 1. The van der Waals surface area contributed by atoms with Crippen molar-refractivity contribution in [2.75, 3.05) is 11.5 Å². The third-order valence-corrected chi connectivity index (χ3v) is 8.83. The van der Waals surface area contributed by atoms with Gasteiger partial charge in [-0.25, -0.2) is 0 Å². The van der Waals surface area contributed by atoms with Crippen molar-refractivity contribution in [3.63, 3.8) is 0 Å². The topological polar surface area (TPSA) is 20.2 Å². The summed E-state index contributed by atoms with van der Waals surface area (Å²) in [5.41, 5.74) is 1.18. The zero-order chi connectivity index (χ0) is 14.6. The molecule has 0 heterocycles. The second kappa shape index (κ2) is 5.09. The van der Waals surface area contributed by atoms with Crippen molar-refractivity contribution in [3.8, 4) is 0 Å². The molecule has 1 N–H and O–H groups in total. The quantitative estimate of drug-likeness (QED) is 0.753. The van der Waals surface area contributed by atoms with E-state index in [1.807, 2.05) is 0 Å². The summed E-state index contributed by atoms with van der Waals surface area (Å²) < 4.78 is 0. The number of hydrogen-bond acceptors (Lipinski definition) is 3. The number of rotatable bonds is 3. The molecule has 2 bridgehead atoms. The van der Waals surface area contributed by atoms with Crippen molar-refractivity contribution in [3.05, 3.63) is 0 Å². The molecule has 0 aromatic heterocycles. The highest BCUT2D eigenvalue weighted by Gasteiger charge is 2.64. The van der Waals surface area contributed by atoms with E-state index < -0.39 is 0 Å². The van der Waals surface area contributed by atoms with E-state index in [0.717, 1.165) is 23.3 Å². The number of thioether (sulfide) groups is 1. The van der Waals surface area contributed by atoms with Gasteiger partial charge in [-0.15, -0.1) is 0 Å². The van der Waals surface area contributed by atoms with Crippen LogP contribution in [0.4, 0.5) is 0 Å². The third-order valence-electron chi connectivity index (χ3n) is 6.83. The predicted molar refractivity (Wildman–Crippen MR) is 91.6 cm³/mol. The summed E-state index contributed by atoms with van der Waals surface area (Å²) in [6.07, 6.45) is 7.41. The Bertz CT molecular complexity index is 383. The number of thiol groups is 1. The Labute approximate surface area is 134 Å². The lowest BCUT2D eigenvalue weighted by Crippen LogP contribution is -2.53. The summed E-state index contributed by atoms with van der Waals surface area (Å²) >= 11 is 6.59. The second-order valence-electron chi connectivity index (χ2n) is 8.49. The number of fused-ring (bicyclic) bond motifs is 1. The van der Waals surface area contributed by atoms with Gasteiger partial charge in [0.1, 0.15) is 0 Å². The molecular formula is C17H30OS2. The van der Waals surface area contributed by atoms with E-state index in [1.165, 1.54) is 37.9 Å². The average Bonchev–Trinajstić information content (AvgIpc) is 2.59. The maximum absolute atomic E-state index is 10.5. The first-order valence-electron chi connectivity index (χ1n) is 8.25. The van der Waals surface area contributed by atoms with Crippen LogP contribution >= 0.6 is 24.4 Å². The first kappa shape index (κ1) is 15.6.